The van der Waals surface area contributed by atoms with Crippen LogP contribution in [0.1, 0.15) is 42.9 Å². The Balaban J connectivity index is 1.17. The number of fused-ring (bicyclic) bond motifs is 2. The van der Waals surface area contributed by atoms with Crippen LogP contribution in [0.5, 0.6) is 11.5 Å². The van der Waals surface area contributed by atoms with Crippen molar-refractivity contribution in [2.75, 3.05) is 26.4 Å². The van der Waals surface area contributed by atoms with Gasteiger partial charge < -0.3 is 14.4 Å². The van der Waals surface area contributed by atoms with Crippen LogP contribution in [0, 0.1) is 5.92 Å². The van der Waals surface area contributed by atoms with Crippen molar-refractivity contribution < 1.29 is 9.47 Å². The first-order valence-corrected chi connectivity index (χ1v) is 9.79. The van der Waals surface area contributed by atoms with Gasteiger partial charge in [0.15, 0.2) is 17.3 Å². The first-order chi connectivity index (χ1) is 12.7. The van der Waals surface area contributed by atoms with E-state index < -0.39 is 0 Å². The highest BCUT2D eigenvalue weighted by molar-refractivity contribution is 5.44. The number of rotatable bonds is 5. The minimum Gasteiger partial charge on any atom is -0.454 e. The van der Waals surface area contributed by atoms with Crippen LogP contribution in [0.15, 0.2) is 18.2 Å². The van der Waals surface area contributed by atoms with E-state index in [0.717, 1.165) is 56.3 Å². The van der Waals surface area contributed by atoms with Gasteiger partial charge in [-0.25, -0.2) is 9.67 Å². The van der Waals surface area contributed by atoms with Crippen LogP contribution in [0.4, 0.5) is 0 Å². The van der Waals surface area contributed by atoms with Crippen molar-refractivity contribution in [2.24, 2.45) is 5.92 Å². The molecule has 0 saturated heterocycles. The summed E-state index contributed by atoms with van der Waals surface area (Å²) in [6.07, 6.45) is 4.61. The van der Waals surface area contributed by atoms with Crippen molar-refractivity contribution in [3.63, 3.8) is 0 Å². The van der Waals surface area contributed by atoms with Crippen LogP contribution in [0.25, 0.3) is 0 Å². The van der Waals surface area contributed by atoms with Crippen molar-refractivity contribution >= 4 is 0 Å². The second-order valence-corrected chi connectivity index (χ2v) is 7.93. The Morgan fingerprint density at radius 2 is 2.04 bits per heavy atom. The Hall–Kier alpha value is -2.08. The molecule has 5 rings (SSSR count). The van der Waals surface area contributed by atoms with Crippen LogP contribution < -0.4 is 9.47 Å². The molecule has 3 heterocycles. The fraction of sp³-hybridized carbons (Fsp3) is 0.600. The zero-order chi connectivity index (χ0) is 17.5. The second kappa shape index (κ2) is 6.58. The van der Waals surface area contributed by atoms with Crippen LogP contribution in [-0.4, -0.2) is 46.1 Å². The monoisotopic (exact) mass is 354 g/mol. The number of benzene rings is 1. The van der Waals surface area contributed by atoms with E-state index in [0.29, 0.717) is 18.6 Å². The van der Waals surface area contributed by atoms with Gasteiger partial charge in [0.05, 0.1) is 6.54 Å². The largest absolute Gasteiger partial charge is 0.454 e. The van der Waals surface area contributed by atoms with Crippen molar-refractivity contribution in [1.82, 2.24) is 19.7 Å². The minimum atomic E-state index is 0.341. The molecule has 6 heteroatoms. The Labute approximate surface area is 154 Å². The van der Waals surface area contributed by atoms with Gasteiger partial charge in [0, 0.05) is 32.0 Å². The number of hydrogen-bond donors (Lipinski definition) is 0. The molecule has 2 aromatic rings. The van der Waals surface area contributed by atoms with Gasteiger partial charge in [0.25, 0.3) is 0 Å². The summed E-state index contributed by atoms with van der Waals surface area (Å²) in [5.74, 6) is 5.25. The molecule has 1 aromatic heterocycles. The molecule has 0 amide bonds. The molecule has 0 radical (unpaired) electrons. The van der Waals surface area contributed by atoms with E-state index >= 15 is 0 Å². The first-order valence-electron chi connectivity index (χ1n) is 9.79. The molecular weight excluding hydrogens is 328 g/mol. The Bertz CT molecular complexity index is 774. The molecule has 3 aliphatic rings. The average Bonchev–Trinajstić information content (AvgIpc) is 3.29. The molecule has 0 bridgehead atoms. The number of aromatic nitrogens is 3. The van der Waals surface area contributed by atoms with E-state index in [4.69, 9.17) is 19.6 Å². The average molecular weight is 354 g/mol. The summed E-state index contributed by atoms with van der Waals surface area (Å²) in [6.45, 7) is 6.88. The molecule has 1 aliphatic carbocycles. The Kier molecular flexibility index (Phi) is 4.08. The summed E-state index contributed by atoms with van der Waals surface area (Å²) >= 11 is 0. The summed E-state index contributed by atoms with van der Waals surface area (Å²) in [7, 11) is 0. The molecule has 0 spiro atoms. The molecule has 1 unspecified atom stereocenters. The van der Waals surface area contributed by atoms with Gasteiger partial charge in [0.2, 0.25) is 6.79 Å². The highest BCUT2D eigenvalue weighted by Gasteiger charge is 2.29. The highest BCUT2D eigenvalue weighted by atomic mass is 16.7. The standard InChI is InChI=1S/C20H26N4O2/c1-14(10-15-2-5-17-18(11-15)26-13-25-17)12-23-7-6-19-21-20(16-3-4-16)22-24(19)9-8-23/h2,5,11,14,16H,3-4,6-10,12-13H2,1H3. The summed E-state index contributed by atoms with van der Waals surface area (Å²) in [5.41, 5.74) is 1.32. The molecule has 138 valence electrons. The van der Waals surface area contributed by atoms with Gasteiger partial charge >= 0.3 is 0 Å². The Morgan fingerprint density at radius 3 is 2.92 bits per heavy atom. The molecule has 1 aromatic carbocycles. The highest BCUT2D eigenvalue weighted by Crippen LogP contribution is 2.38. The van der Waals surface area contributed by atoms with Gasteiger partial charge in [0.1, 0.15) is 5.82 Å². The lowest BCUT2D eigenvalue weighted by molar-refractivity contribution is 0.174. The lowest BCUT2D eigenvalue weighted by Crippen LogP contribution is -2.32. The lowest BCUT2D eigenvalue weighted by atomic mass is 10.00. The Morgan fingerprint density at radius 1 is 1.15 bits per heavy atom. The van der Waals surface area contributed by atoms with Crippen molar-refractivity contribution in [1.29, 1.82) is 0 Å². The van der Waals surface area contributed by atoms with Gasteiger partial charge in [-0.1, -0.05) is 13.0 Å². The van der Waals surface area contributed by atoms with E-state index in [2.05, 4.69) is 28.6 Å². The molecule has 1 atom stereocenters. The van der Waals surface area contributed by atoms with E-state index in [-0.39, 0.29) is 0 Å². The molecule has 2 aliphatic heterocycles. The third kappa shape index (κ3) is 3.30. The summed E-state index contributed by atoms with van der Waals surface area (Å²) in [4.78, 5) is 7.35. The number of nitrogens with zero attached hydrogens (tertiary/aromatic N) is 4. The van der Waals surface area contributed by atoms with Crippen molar-refractivity contribution in [2.45, 2.75) is 45.1 Å². The minimum absolute atomic E-state index is 0.341. The van der Waals surface area contributed by atoms with Gasteiger partial charge in [-0.2, -0.15) is 5.10 Å². The quantitative estimate of drug-likeness (QED) is 0.826. The van der Waals surface area contributed by atoms with E-state index in [1.807, 2.05) is 6.07 Å². The summed E-state index contributed by atoms with van der Waals surface area (Å²) in [6, 6.07) is 6.31. The smallest absolute Gasteiger partial charge is 0.231 e. The maximum absolute atomic E-state index is 5.50. The first kappa shape index (κ1) is 16.1. The normalized spacial score (nSPS) is 20.7. The molecule has 0 N–H and O–H groups in total. The molecule has 6 nitrogen and oxygen atoms in total. The fourth-order valence-electron chi connectivity index (χ4n) is 4.04. The van der Waals surface area contributed by atoms with Crippen LogP contribution in [-0.2, 0) is 19.4 Å². The van der Waals surface area contributed by atoms with Gasteiger partial charge in [-0.3, -0.25) is 0 Å². The lowest BCUT2D eigenvalue weighted by Gasteiger charge is -2.23. The number of ether oxygens (including phenoxy) is 2. The fourth-order valence-corrected chi connectivity index (χ4v) is 4.04. The maximum Gasteiger partial charge on any atom is 0.231 e. The zero-order valence-corrected chi connectivity index (χ0v) is 15.4. The predicted octanol–water partition coefficient (Wildman–Crippen LogP) is 2.62. The van der Waals surface area contributed by atoms with Gasteiger partial charge in [-0.05, 0) is 42.9 Å². The number of hydrogen-bond acceptors (Lipinski definition) is 5. The zero-order valence-electron chi connectivity index (χ0n) is 15.4. The predicted molar refractivity (Wildman–Crippen MR) is 97.6 cm³/mol. The van der Waals surface area contributed by atoms with Gasteiger partial charge in [-0.15, -0.1) is 0 Å². The SMILES string of the molecule is CC(Cc1ccc2c(c1)OCO2)CN1CCc2nc(C3CC3)nn2CC1. The van der Waals surface area contributed by atoms with E-state index in [1.165, 1.54) is 24.2 Å². The molecular formula is C20H26N4O2. The van der Waals surface area contributed by atoms with Crippen LogP contribution in [0.2, 0.25) is 0 Å². The van der Waals surface area contributed by atoms with Crippen molar-refractivity contribution in [3.8, 4) is 11.5 Å². The molecule has 1 fully saturated rings. The van der Waals surface area contributed by atoms with Crippen molar-refractivity contribution in [3.05, 3.63) is 35.4 Å². The molecule has 26 heavy (non-hydrogen) atoms. The summed E-state index contributed by atoms with van der Waals surface area (Å²) in [5, 5.41) is 4.74. The third-order valence-corrected chi connectivity index (χ3v) is 5.58. The summed E-state index contributed by atoms with van der Waals surface area (Å²) < 4.78 is 13.0. The topological polar surface area (TPSA) is 52.4 Å². The third-order valence-electron chi connectivity index (χ3n) is 5.58. The maximum atomic E-state index is 5.50. The second-order valence-electron chi connectivity index (χ2n) is 7.93. The van der Waals surface area contributed by atoms with Crippen LogP contribution in [0.3, 0.4) is 0 Å². The van der Waals surface area contributed by atoms with Crippen LogP contribution >= 0.6 is 0 Å². The van der Waals surface area contributed by atoms with E-state index in [9.17, 15) is 0 Å². The van der Waals surface area contributed by atoms with E-state index in [1.54, 1.807) is 0 Å². The molecule has 1 saturated carbocycles.